The minimum Gasteiger partial charge on any atom is -0.466 e. The molecule has 12 unspecified atom stereocenters. The van der Waals surface area contributed by atoms with Crippen molar-refractivity contribution in [3.05, 3.63) is 45.1 Å². The number of hydrogen-bond donors (Lipinski definition) is 3. The molecule has 10 nitrogen and oxygen atoms in total. The van der Waals surface area contributed by atoms with Crippen LogP contribution in [0.15, 0.2) is 45.1 Å². The number of carbonyl (C=O) groups excluding carboxylic acids is 4. The lowest BCUT2D eigenvalue weighted by molar-refractivity contribution is -0.191. The summed E-state index contributed by atoms with van der Waals surface area (Å²) in [6.07, 6.45) is 2.55. The van der Waals surface area contributed by atoms with E-state index in [1.807, 2.05) is 6.92 Å². The van der Waals surface area contributed by atoms with Crippen molar-refractivity contribution in [3.63, 3.8) is 0 Å². The lowest BCUT2D eigenvalue weighted by atomic mass is 9.42. The van der Waals surface area contributed by atoms with Gasteiger partial charge in [-0.05, 0) is 92.8 Å². The number of Topliss-reactive ketones (excluding diaryl/α,β-unsaturated/α-hetero) is 1. The van der Waals surface area contributed by atoms with Crippen LogP contribution in [0.5, 0.6) is 0 Å². The number of carbonyl (C=O) groups is 4. The van der Waals surface area contributed by atoms with E-state index in [2.05, 4.69) is 6.92 Å². The first-order valence-corrected chi connectivity index (χ1v) is 16.5. The lowest BCUT2D eigenvalue weighted by Crippen LogP contribution is -2.67. The summed E-state index contributed by atoms with van der Waals surface area (Å²) in [4.78, 5) is 54.0. The monoisotopic (exact) mass is 634 g/mol. The molecular weight excluding hydrogens is 592 g/mol. The number of aliphatic hydroxyl groups is 3. The van der Waals surface area contributed by atoms with E-state index in [-0.39, 0.29) is 65.4 Å². The molecule has 0 aromatic carbocycles. The van der Waals surface area contributed by atoms with Crippen molar-refractivity contribution in [2.75, 3.05) is 20.3 Å². The lowest BCUT2D eigenvalue weighted by Gasteiger charge is -2.63. The van der Waals surface area contributed by atoms with Crippen molar-refractivity contribution in [1.29, 1.82) is 0 Å². The molecule has 0 amide bonds. The number of ether oxygens (including phenoxy) is 3. The maximum atomic E-state index is 14.4. The van der Waals surface area contributed by atoms with E-state index in [1.165, 1.54) is 18.8 Å². The van der Waals surface area contributed by atoms with Crippen LogP contribution in [0, 0.1) is 52.3 Å². The minimum absolute atomic E-state index is 0.0715. The maximum Gasteiger partial charge on any atom is 0.334 e. The highest BCUT2D eigenvalue weighted by Crippen LogP contribution is 2.83. The summed E-state index contributed by atoms with van der Waals surface area (Å²) in [6.45, 7) is 8.47. The van der Waals surface area contributed by atoms with Crippen LogP contribution < -0.4 is 0 Å². The van der Waals surface area contributed by atoms with Gasteiger partial charge in [-0.2, -0.15) is 0 Å². The van der Waals surface area contributed by atoms with Gasteiger partial charge in [0, 0.05) is 39.5 Å². The number of rotatable bonds is 5. The summed E-state index contributed by atoms with van der Waals surface area (Å²) in [7, 11) is 1.26. The van der Waals surface area contributed by atoms with E-state index in [1.54, 1.807) is 20.8 Å². The second-order valence-electron chi connectivity index (χ2n) is 15.7. The summed E-state index contributed by atoms with van der Waals surface area (Å²) in [5, 5.41) is 33.4. The van der Waals surface area contributed by atoms with E-state index < -0.39 is 57.7 Å². The average Bonchev–Trinajstić information content (AvgIpc) is 3.94. The molecule has 0 radical (unpaired) electrons. The fourth-order valence-corrected chi connectivity index (χ4v) is 12.0. The molecule has 0 aromatic rings. The summed E-state index contributed by atoms with van der Waals surface area (Å²) >= 11 is 0. The zero-order valence-corrected chi connectivity index (χ0v) is 27.1. The van der Waals surface area contributed by atoms with Crippen LogP contribution in [-0.4, -0.2) is 76.6 Å². The van der Waals surface area contributed by atoms with Crippen LogP contribution in [-0.2, 0) is 33.4 Å². The van der Waals surface area contributed by atoms with Crippen molar-refractivity contribution < 1.29 is 48.7 Å². The molecule has 12 atom stereocenters. The first-order chi connectivity index (χ1) is 21.6. The highest BCUT2D eigenvalue weighted by atomic mass is 16.6. The van der Waals surface area contributed by atoms with E-state index in [4.69, 9.17) is 14.2 Å². The predicted octanol–water partition coefficient (Wildman–Crippen LogP) is 2.51. The van der Waals surface area contributed by atoms with Gasteiger partial charge in [-0.3, -0.25) is 4.79 Å². The van der Waals surface area contributed by atoms with Crippen LogP contribution >= 0.6 is 0 Å². The van der Waals surface area contributed by atoms with Crippen molar-refractivity contribution in [2.24, 2.45) is 52.3 Å². The second-order valence-corrected chi connectivity index (χ2v) is 15.7. The number of hydrogen-bond acceptors (Lipinski definition) is 10. The van der Waals surface area contributed by atoms with Crippen LogP contribution in [0.25, 0.3) is 0 Å². The van der Waals surface area contributed by atoms with E-state index >= 15 is 0 Å². The number of methoxy groups -OCH3 is 1. The molecule has 0 bridgehead atoms. The number of ketones is 1. The van der Waals surface area contributed by atoms with Gasteiger partial charge < -0.3 is 29.5 Å². The molecule has 8 rings (SSSR count). The predicted molar refractivity (Wildman–Crippen MR) is 160 cm³/mol. The third-order valence-electron chi connectivity index (χ3n) is 14.3. The Hall–Kier alpha value is -3.08. The molecule has 46 heavy (non-hydrogen) atoms. The molecule has 5 saturated carbocycles. The van der Waals surface area contributed by atoms with E-state index in [0.717, 1.165) is 24.0 Å². The Labute approximate surface area is 267 Å². The van der Waals surface area contributed by atoms with Crippen molar-refractivity contribution in [1.82, 2.24) is 0 Å². The third-order valence-corrected chi connectivity index (χ3v) is 14.3. The molecule has 10 heteroatoms. The second kappa shape index (κ2) is 9.08. The number of allylic oxidation sites excluding steroid dienone is 1. The van der Waals surface area contributed by atoms with Gasteiger partial charge in [0.15, 0.2) is 5.78 Å². The summed E-state index contributed by atoms with van der Waals surface area (Å²) in [5.74, 6) is -3.44. The van der Waals surface area contributed by atoms with Gasteiger partial charge >= 0.3 is 17.9 Å². The number of aliphatic hydroxyl groups excluding tert-OH is 2. The molecule has 0 saturated heterocycles. The molecule has 0 aromatic heterocycles. The fraction of sp³-hybridized carbons (Fsp3) is 0.667. The van der Waals surface area contributed by atoms with E-state index in [0.29, 0.717) is 18.4 Å². The maximum absolute atomic E-state index is 14.4. The number of esters is 3. The van der Waals surface area contributed by atoms with Gasteiger partial charge in [0.2, 0.25) is 0 Å². The summed E-state index contributed by atoms with van der Waals surface area (Å²) < 4.78 is 17.4. The van der Waals surface area contributed by atoms with Crippen molar-refractivity contribution in [3.8, 4) is 0 Å². The van der Waals surface area contributed by atoms with Crippen LogP contribution in [0.4, 0.5) is 0 Å². The molecular formula is C36H42O10. The van der Waals surface area contributed by atoms with Gasteiger partial charge in [0.05, 0.1) is 19.6 Å². The topological polar surface area (TPSA) is 157 Å². The standard InChI is InChI=1S/C36H42O10/c1-14(7-8-37)30(40)45-13-35(43)22-11-21(22)33(4)23(35)12-19-15(2)32(42)46-36(19)24(33)10-18-17-9-20(17)34(5)26(18)27(36)25(28(38)29(34)39)16(3)31(41)44-6/h7,17,20-24,27,29,37,39,43H,8-13H2,1-6H3. The zero-order valence-electron chi connectivity index (χ0n) is 27.1. The van der Waals surface area contributed by atoms with Crippen LogP contribution in [0.2, 0.25) is 0 Å². The Morgan fingerprint density at radius 2 is 1.76 bits per heavy atom. The van der Waals surface area contributed by atoms with Crippen molar-refractivity contribution >= 4 is 23.7 Å². The highest BCUT2D eigenvalue weighted by Gasteiger charge is 2.84. The Bertz CT molecular complexity index is 1680. The van der Waals surface area contributed by atoms with Gasteiger partial charge in [-0.25, -0.2) is 14.4 Å². The molecule has 1 heterocycles. The molecule has 7 aliphatic carbocycles. The van der Waals surface area contributed by atoms with E-state index in [9.17, 15) is 34.5 Å². The Morgan fingerprint density at radius 3 is 2.43 bits per heavy atom. The third kappa shape index (κ3) is 3.19. The van der Waals surface area contributed by atoms with Gasteiger partial charge in [-0.1, -0.05) is 19.4 Å². The summed E-state index contributed by atoms with van der Waals surface area (Å²) in [6, 6.07) is 0. The Morgan fingerprint density at radius 1 is 1.04 bits per heavy atom. The summed E-state index contributed by atoms with van der Waals surface area (Å²) in [5.41, 5.74) is -0.159. The van der Waals surface area contributed by atoms with Gasteiger partial charge in [0.1, 0.15) is 23.9 Å². The van der Waals surface area contributed by atoms with Crippen molar-refractivity contribution in [2.45, 2.75) is 77.6 Å². The highest BCUT2D eigenvalue weighted by molar-refractivity contribution is 6.09. The first kappa shape index (κ1) is 30.3. The smallest absolute Gasteiger partial charge is 0.334 e. The molecule has 1 aliphatic heterocycles. The normalized spacial score (nSPS) is 48.5. The molecule has 5 fully saturated rings. The quantitative estimate of drug-likeness (QED) is 0.178. The Kier molecular flexibility index (Phi) is 5.97. The van der Waals surface area contributed by atoms with Gasteiger partial charge in [0.25, 0.3) is 0 Å². The molecule has 1 spiro atoms. The zero-order chi connectivity index (χ0) is 33.0. The molecule has 8 aliphatic rings. The average molecular weight is 635 g/mol. The molecule has 246 valence electrons. The Balaban J connectivity index is 1.32. The number of fused-ring (bicyclic) bond motifs is 7. The minimum atomic E-state index is -1.35. The van der Waals surface area contributed by atoms with Gasteiger partial charge in [-0.15, -0.1) is 0 Å². The largest absolute Gasteiger partial charge is 0.466 e. The van der Waals surface area contributed by atoms with Crippen LogP contribution in [0.3, 0.4) is 0 Å². The SMILES string of the molecule is COC(=O)C(C)=C1C(=O)C(O)C2(C)C3=C(CC4C5(OC(=O)C(C)=C5CC5C(O)(COC(=O)C(C)=CCO)C6CC6C54C)C13)C1CC12. The van der Waals surface area contributed by atoms with Crippen LogP contribution in [0.1, 0.15) is 60.3 Å². The molecule has 3 N–H and O–H groups in total. The fourth-order valence-electron chi connectivity index (χ4n) is 12.0. The first-order valence-electron chi connectivity index (χ1n) is 16.5.